The van der Waals surface area contributed by atoms with Gasteiger partial charge in [-0.3, -0.25) is 4.79 Å². The summed E-state index contributed by atoms with van der Waals surface area (Å²) in [6, 6.07) is 13.3. The molecule has 6 rings (SSSR count). The summed E-state index contributed by atoms with van der Waals surface area (Å²) in [5.74, 6) is 0.728. The number of morpholine rings is 1. The van der Waals surface area contributed by atoms with Crippen LogP contribution in [0.1, 0.15) is 16.8 Å². The molecule has 0 spiro atoms. The highest BCUT2D eigenvalue weighted by Crippen LogP contribution is 2.35. The van der Waals surface area contributed by atoms with Crippen LogP contribution in [0.5, 0.6) is 6.01 Å². The van der Waals surface area contributed by atoms with Gasteiger partial charge in [0.25, 0.3) is 0 Å². The molecule has 1 atom stereocenters. The van der Waals surface area contributed by atoms with E-state index in [2.05, 4.69) is 58.4 Å². The summed E-state index contributed by atoms with van der Waals surface area (Å²) in [4.78, 5) is 28.6. The molecule has 2 saturated heterocycles. The highest BCUT2D eigenvalue weighted by Gasteiger charge is 2.29. The predicted octanol–water partition coefficient (Wildman–Crippen LogP) is 3.04. The number of allylic oxidation sites excluding steroid dienone is 1. The molecule has 216 valence electrons. The monoisotopic (exact) mass is 560 g/mol. The second-order valence-corrected chi connectivity index (χ2v) is 10.8. The van der Waals surface area contributed by atoms with Crippen molar-refractivity contribution in [1.82, 2.24) is 20.2 Å². The molecule has 3 aromatic rings. The second-order valence-electron chi connectivity index (χ2n) is 10.8. The predicted molar refractivity (Wildman–Crippen MR) is 157 cm³/mol. The van der Waals surface area contributed by atoms with Crippen molar-refractivity contribution in [2.24, 2.45) is 0 Å². The summed E-state index contributed by atoms with van der Waals surface area (Å²) in [6.07, 6.45) is 3.34. The average molecular weight is 561 g/mol. The van der Waals surface area contributed by atoms with E-state index in [0.29, 0.717) is 51.9 Å². The fourth-order valence-corrected chi connectivity index (χ4v) is 5.97. The van der Waals surface area contributed by atoms with Gasteiger partial charge in [0.1, 0.15) is 25.2 Å². The van der Waals surface area contributed by atoms with Gasteiger partial charge in [0.15, 0.2) is 0 Å². The number of alkyl halides is 1. The van der Waals surface area contributed by atoms with Crippen LogP contribution in [0.25, 0.3) is 10.8 Å². The lowest BCUT2D eigenvalue weighted by Crippen LogP contribution is -2.49. The third kappa shape index (κ3) is 5.99. The molecule has 0 radical (unpaired) electrons. The number of nitrogens with one attached hydrogen (secondary N) is 1. The van der Waals surface area contributed by atoms with Crippen molar-refractivity contribution in [3.8, 4) is 6.01 Å². The molecule has 3 aliphatic heterocycles. The summed E-state index contributed by atoms with van der Waals surface area (Å²) in [5.41, 5.74) is 4.57. The number of fused-ring (bicyclic) bond motifs is 2. The number of carbonyl (C=O) groups excluding carboxylic acids is 1. The minimum atomic E-state index is -0.640. The minimum absolute atomic E-state index is 0.0473. The number of ether oxygens (including phenoxy) is 2. The quantitative estimate of drug-likeness (QED) is 0.442. The van der Waals surface area contributed by atoms with Gasteiger partial charge in [-0.05, 0) is 36.4 Å². The molecule has 10 heteroatoms. The van der Waals surface area contributed by atoms with Crippen molar-refractivity contribution in [3.63, 3.8) is 0 Å². The third-order valence-corrected chi connectivity index (χ3v) is 8.10. The first-order valence-corrected chi connectivity index (χ1v) is 14.5. The normalized spacial score (nSPS) is 19.6. The Bertz CT molecular complexity index is 1410. The zero-order valence-electron chi connectivity index (χ0n) is 23.5. The van der Waals surface area contributed by atoms with Gasteiger partial charge in [-0.1, -0.05) is 30.3 Å². The first kappa shape index (κ1) is 27.4. The van der Waals surface area contributed by atoms with Crippen LogP contribution < -0.4 is 19.9 Å². The van der Waals surface area contributed by atoms with Crippen molar-refractivity contribution in [2.75, 3.05) is 75.5 Å². The summed E-state index contributed by atoms with van der Waals surface area (Å²) < 4.78 is 24.5. The summed E-state index contributed by atoms with van der Waals surface area (Å²) in [6.45, 7) is 8.02. The topological polar surface area (TPSA) is 83.1 Å². The minimum Gasteiger partial charge on any atom is -0.461 e. The van der Waals surface area contributed by atoms with E-state index in [1.807, 2.05) is 0 Å². The van der Waals surface area contributed by atoms with E-state index in [9.17, 15) is 9.18 Å². The molecule has 1 aromatic heterocycles. The summed E-state index contributed by atoms with van der Waals surface area (Å²) >= 11 is 0. The van der Waals surface area contributed by atoms with Gasteiger partial charge in [-0.15, -0.1) is 0 Å². The first-order valence-electron chi connectivity index (χ1n) is 14.5. The molecule has 2 fully saturated rings. The Hall–Kier alpha value is -3.76. The smallest absolute Gasteiger partial charge is 0.318 e. The largest absolute Gasteiger partial charge is 0.461 e. The van der Waals surface area contributed by atoms with Crippen molar-refractivity contribution in [1.29, 1.82) is 0 Å². The van der Waals surface area contributed by atoms with Crippen LogP contribution in [-0.4, -0.2) is 92.6 Å². The molecular formula is C31H37FN6O3. The number of amides is 1. The first-order chi connectivity index (χ1) is 20.1. The number of piperazine rings is 1. The van der Waals surface area contributed by atoms with Gasteiger partial charge in [0.2, 0.25) is 5.91 Å². The number of aromatic nitrogens is 2. The molecule has 0 saturated carbocycles. The maximum atomic E-state index is 12.5. The van der Waals surface area contributed by atoms with E-state index in [1.54, 1.807) is 4.90 Å². The molecule has 41 heavy (non-hydrogen) atoms. The lowest BCUT2D eigenvalue weighted by atomic mass is 9.99. The van der Waals surface area contributed by atoms with Crippen LogP contribution in [0.15, 0.2) is 48.6 Å². The second kappa shape index (κ2) is 12.4. The van der Waals surface area contributed by atoms with E-state index >= 15 is 0 Å². The molecule has 1 N–H and O–H groups in total. The van der Waals surface area contributed by atoms with Gasteiger partial charge in [-0.25, -0.2) is 4.39 Å². The van der Waals surface area contributed by atoms with Gasteiger partial charge < -0.3 is 29.5 Å². The number of anilines is 2. The van der Waals surface area contributed by atoms with Crippen molar-refractivity contribution in [3.05, 3.63) is 65.4 Å². The Labute approximate surface area is 239 Å². The van der Waals surface area contributed by atoms with E-state index in [4.69, 9.17) is 19.4 Å². The molecular weight excluding hydrogens is 523 g/mol. The molecule has 9 nitrogen and oxygen atoms in total. The Kier molecular flexibility index (Phi) is 8.29. The number of benzene rings is 2. The Morgan fingerprint density at radius 2 is 1.95 bits per heavy atom. The van der Waals surface area contributed by atoms with Crippen LogP contribution >= 0.6 is 0 Å². The van der Waals surface area contributed by atoms with Crippen LogP contribution in [-0.2, 0) is 22.5 Å². The number of nitrogens with zero attached hydrogens (tertiary/aromatic N) is 5. The summed E-state index contributed by atoms with van der Waals surface area (Å²) in [5, 5.41) is 5.84. The standard InChI is InChI=1S/C31H37FN6O3/c1-22-5-2-6-23-7-3-8-27(29(22)23)38-13-10-25-26(20-38)34-31(41-21-24-19-33-12-18-40-24)35-30(25)37-16-14-36(15-17-37)28(39)9-4-11-32/h2-9,24,33H,10-21H2,1H3/b9-4+. The van der Waals surface area contributed by atoms with E-state index < -0.39 is 6.67 Å². The highest BCUT2D eigenvalue weighted by molar-refractivity contribution is 5.97. The number of hydrogen-bond donors (Lipinski definition) is 1. The van der Waals surface area contributed by atoms with Crippen molar-refractivity contribution >= 4 is 28.2 Å². The number of hydrogen-bond acceptors (Lipinski definition) is 8. The Morgan fingerprint density at radius 1 is 1.12 bits per heavy atom. The average Bonchev–Trinajstić information content (AvgIpc) is 3.02. The maximum Gasteiger partial charge on any atom is 0.318 e. The molecule has 1 amide bonds. The molecule has 2 aromatic carbocycles. The van der Waals surface area contributed by atoms with Crippen molar-refractivity contribution < 1.29 is 18.7 Å². The molecule has 1 unspecified atom stereocenters. The molecule has 0 bridgehead atoms. The zero-order valence-corrected chi connectivity index (χ0v) is 23.5. The van der Waals surface area contributed by atoms with Gasteiger partial charge in [0, 0.05) is 68.5 Å². The van der Waals surface area contributed by atoms with Crippen LogP contribution in [0.2, 0.25) is 0 Å². The van der Waals surface area contributed by atoms with Crippen LogP contribution in [0.4, 0.5) is 15.9 Å². The SMILES string of the molecule is Cc1cccc2cccc(N3CCc4c(nc(OCC5CNCCO5)nc4N4CCN(C(=O)/C=C/CF)CC4)C3)c12. The van der Waals surface area contributed by atoms with Gasteiger partial charge in [-0.2, -0.15) is 9.97 Å². The number of aryl methyl sites for hydroxylation is 1. The lowest BCUT2D eigenvalue weighted by molar-refractivity contribution is -0.126. The number of rotatable bonds is 7. The van der Waals surface area contributed by atoms with Crippen molar-refractivity contribution in [2.45, 2.75) is 26.0 Å². The molecule has 4 heterocycles. The summed E-state index contributed by atoms with van der Waals surface area (Å²) in [7, 11) is 0. The maximum absolute atomic E-state index is 12.5. The van der Waals surface area contributed by atoms with E-state index in [-0.39, 0.29) is 12.0 Å². The van der Waals surface area contributed by atoms with Crippen LogP contribution in [0.3, 0.4) is 0 Å². The number of carbonyl (C=O) groups is 1. The number of halogens is 1. The van der Waals surface area contributed by atoms with E-state index in [0.717, 1.165) is 43.1 Å². The third-order valence-electron chi connectivity index (χ3n) is 8.10. The molecule has 0 aliphatic carbocycles. The Morgan fingerprint density at radius 3 is 2.73 bits per heavy atom. The highest BCUT2D eigenvalue weighted by atomic mass is 19.1. The van der Waals surface area contributed by atoms with Gasteiger partial charge >= 0.3 is 6.01 Å². The van der Waals surface area contributed by atoms with Gasteiger partial charge in [0.05, 0.1) is 18.8 Å². The fraction of sp³-hybridized carbons (Fsp3) is 0.452. The molecule has 3 aliphatic rings. The van der Waals surface area contributed by atoms with Crippen LogP contribution in [0, 0.1) is 6.92 Å². The van der Waals surface area contributed by atoms with E-state index in [1.165, 1.54) is 34.2 Å². The fourth-order valence-electron chi connectivity index (χ4n) is 5.97. The zero-order chi connectivity index (χ0) is 28.2. The Balaban J connectivity index is 1.27. The lowest BCUT2D eigenvalue weighted by Gasteiger charge is -2.38.